The van der Waals surface area contributed by atoms with E-state index >= 15 is 0 Å². The number of aryl methyl sites for hydroxylation is 1. The molecular formula is C13H22N2OS. The van der Waals surface area contributed by atoms with Crippen molar-refractivity contribution in [3.63, 3.8) is 0 Å². The number of nitrogens with zero attached hydrogens (tertiary/aromatic N) is 1. The van der Waals surface area contributed by atoms with Crippen LogP contribution >= 0.6 is 11.8 Å². The van der Waals surface area contributed by atoms with Crippen LogP contribution in [0.5, 0.6) is 0 Å². The zero-order chi connectivity index (χ0) is 12.1. The molecule has 1 fully saturated rings. The summed E-state index contributed by atoms with van der Waals surface area (Å²) >= 11 is 1.69. The Balaban J connectivity index is 1.59. The molecule has 1 aromatic heterocycles. The van der Waals surface area contributed by atoms with Crippen LogP contribution in [0.2, 0.25) is 0 Å². The molecule has 1 aromatic rings. The van der Waals surface area contributed by atoms with Crippen LogP contribution in [0.1, 0.15) is 38.3 Å². The molecule has 2 unspecified atom stereocenters. The minimum atomic E-state index is 0.727. The molecule has 17 heavy (non-hydrogen) atoms. The van der Waals surface area contributed by atoms with Gasteiger partial charge in [-0.1, -0.05) is 31.5 Å². The van der Waals surface area contributed by atoms with Gasteiger partial charge in [-0.2, -0.15) is 0 Å². The molecule has 2 rings (SSSR count). The third-order valence-electron chi connectivity index (χ3n) is 3.29. The van der Waals surface area contributed by atoms with Gasteiger partial charge in [-0.25, -0.2) is 4.98 Å². The molecular weight excluding hydrogens is 232 g/mol. The highest BCUT2D eigenvalue weighted by atomic mass is 32.2. The zero-order valence-corrected chi connectivity index (χ0v) is 11.6. The van der Waals surface area contributed by atoms with Gasteiger partial charge >= 0.3 is 0 Å². The highest BCUT2D eigenvalue weighted by Gasteiger charge is 2.17. The molecule has 0 aromatic carbocycles. The van der Waals surface area contributed by atoms with Crippen LogP contribution < -0.4 is 5.32 Å². The topological polar surface area (TPSA) is 38.1 Å². The Labute approximate surface area is 108 Å². The lowest BCUT2D eigenvalue weighted by Gasteiger charge is -2.27. The molecule has 0 amide bonds. The van der Waals surface area contributed by atoms with Crippen molar-refractivity contribution >= 4 is 11.8 Å². The van der Waals surface area contributed by atoms with Crippen molar-refractivity contribution in [2.24, 2.45) is 5.92 Å². The van der Waals surface area contributed by atoms with Crippen LogP contribution in [0.4, 0.5) is 0 Å². The molecule has 0 aliphatic heterocycles. The van der Waals surface area contributed by atoms with Gasteiger partial charge in [-0.3, -0.25) is 0 Å². The standard InChI is InChI=1S/C13H22N2OS/c1-10-4-3-5-12(8-10)14-6-7-17-13-15-11(2)9-16-13/h9-10,12,14H,3-8H2,1-2H3. The second-order valence-electron chi connectivity index (χ2n) is 5.03. The summed E-state index contributed by atoms with van der Waals surface area (Å²) in [6.45, 7) is 5.36. The highest BCUT2D eigenvalue weighted by molar-refractivity contribution is 7.99. The monoisotopic (exact) mass is 254 g/mol. The van der Waals surface area contributed by atoms with Gasteiger partial charge in [0.25, 0.3) is 5.22 Å². The highest BCUT2D eigenvalue weighted by Crippen LogP contribution is 2.23. The number of thioether (sulfide) groups is 1. The Kier molecular flexibility index (Phi) is 4.92. The van der Waals surface area contributed by atoms with Crippen molar-refractivity contribution in [3.05, 3.63) is 12.0 Å². The third-order valence-corrected chi connectivity index (χ3v) is 4.14. The number of aromatic nitrogens is 1. The van der Waals surface area contributed by atoms with E-state index in [1.807, 2.05) is 6.92 Å². The quantitative estimate of drug-likeness (QED) is 0.646. The largest absolute Gasteiger partial charge is 0.440 e. The minimum absolute atomic E-state index is 0.727. The summed E-state index contributed by atoms with van der Waals surface area (Å²) < 4.78 is 5.30. The predicted molar refractivity (Wildman–Crippen MR) is 71.4 cm³/mol. The first kappa shape index (κ1) is 13.0. The molecule has 0 saturated heterocycles. The van der Waals surface area contributed by atoms with Gasteiger partial charge in [-0.05, 0) is 25.7 Å². The van der Waals surface area contributed by atoms with E-state index in [0.29, 0.717) is 0 Å². The second-order valence-corrected chi connectivity index (χ2v) is 6.07. The summed E-state index contributed by atoms with van der Waals surface area (Å²) in [6, 6.07) is 0.727. The van der Waals surface area contributed by atoms with Gasteiger partial charge in [0.2, 0.25) is 0 Å². The maximum Gasteiger partial charge on any atom is 0.255 e. The first-order valence-electron chi connectivity index (χ1n) is 6.52. The Bertz CT molecular complexity index is 340. The molecule has 1 aliphatic carbocycles. The predicted octanol–water partition coefficient (Wildman–Crippen LogP) is 3.24. The molecule has 96 valence electrons. The second kappa shape index (κ2) is 6.45. The molecule has 1 aliphatic rings. The van der Waals surface area contributed by atoms with Crippen LogP contribution in [0, 0.1) is 12.8 Å². The number of oxazole rings is 1. The van der Waals surface area contributed by atoms with E-state index in [-0.39, 0.29) is 0 Å². The summed E-state index contributed by atoms with van der Waals surface area (Å²) in [5.41, 5.74) is 0.960. The van der Waals surface area contributed by atoms with Gasteiger partial charge in [0, 0.05) is 18.3 Å². The lowest BCUT2D eigenvalue weighted by molar-refractivity contribution is 0.306. The van der Waals surface area contributed by atoms with E-state index in [4.69, 9.17) is 4.42 Å². The van der Waals surface area contributed by atoms with Crippen LogP contribution in [0.25, 0.3) is 0 Å². The van der Waals surface area contributed by atoms with Gasteiger partial charge in [0.1, 0.15) is 6.26 Å². The summed E-state index contributed by atoms with van der Waals surface area (Å²) in [7, 11) is 0. The maximum atomic E-state index is 5.30. The first-order valence-corrected chi connectivity index (χ1v) is 7.51. The van der Waals surface area contributed by atoms with Crippen molar-refractivity contribution in [2.75, 3.05) is 12.3 Å². The Morgan fingerprint density at radius 3 is 3.12 bits per heavy atom. The van der Waals surface area contributed by atoms with E-state index in [2.05, 4.69) is 17.2 Å². The van der Waals surface area contributed by atoms with Gasteiger partial charge < -0.3 is 9.73 Å². The zero-order valence-electron chi connectivity index (χ0n) is 10.7. The van der Waals surface area contributed by atoms with Crippen LogP contribution in [-0.2, 0) is 0 Å². The fraction of sp³-hybridized carbons (Fsp3) is 0.769. The van der Waals surface area contributed by atoms with Crippen LogP contribution in [-0.4, -0.2) is 23.3 Å². The maximum absolute atomic E-state index is 5.30. The van der Waals surface area contributed by atoms with E-state index in [0.717, 1.165) is 35.2 Å². The Morgan fingerprint density at radius 2 is 2.41 bits per heavy atom. The smallest absolute Gasteiger partial charge is 0.255 e. The van der Waals surface area contributed by atoms with Crippen LogP contribution in [0.15, 0.2) is 15.9 Å². The van der Waals surface area contributed by atoms with Gasteiger partial charge in [0.15, 0.2) is 0 Å². The molecule has 0 bridgehead atoms. The summed E-state index contributed by atoms with van der Waals surface area (Å²) in [5.74, 6) is 1.92. The van der Waals surface area contributed by atoms with Gasteiger partial charge in [0.05, 0.1) is 5.69 Å². The van der Waals surface area contributed by atoms with Crippen LogP contribution in [0.3, 0.4) is 0 Å². The van der Waals surface area contributed by atoms with E-state index < -0.39 is 0 Å². The van der Waals surface area contributed by atoms with E-state index in [1.54, 1.807) is 18.0 Å². The summed E-state index contributed by atoms with van der Waals surface area (Å²) in [6.07, 6.45) is 7.17. The lowest BCUT2D eigenvalue weighted by Crippen LogP contribution is -2.34. The first-order chi connectivity index (χ1) is 8.24. The Hall–Kier alpha value is -0.480. The lowest BCUT2D eigenvalue weighted by atomic mass is 9.87. The SMILES string of the molecule is Cc1coc(SCCNC2CCCC(C)C2)n1. The minimum Gasteiger partial charge on any atom is -0.440 e. The number of hydrogen-bond donors (Lipinski definition) is 1. The normalized spacial score (nSPS) is 25.1. The molecule has 1 N–H and O–H groups in total. The van der Waals surface area contributed by atoms with Crippen molar-refractivity contribution < 1.29 is 4.42 Å². The number of rotatable bonds is 5. The number of hydrogen-bond acceptors (Lipinski definition) is 4. The molecule has 4 heteroatoms. The summed E-state index contributed by atoms with van der Waals surface area (Å²) in [4.78, 5) is 4.28. The molecule has 0 spiro atoms. The van der Waals surface area contributed by atoms with Gasteiger partial charge in [-0.15, -0.1) is 0 Å². The fourth-order valence-corrected chi connectivity index (χ4v) is 3.14. The van der Waals surface area contributed by atoms with Crippen molar-refractivity contribution in [3.8, 4) is 0 Å². The average molecular weight is 254 g/mol. The number of nitrogens with one attached hydrogen (secondary N) is 1. The molecule has 2 atom stereocenters. The van der Waals surface area contributed by atoms with Crippen molar-refractivity contribution in [2.45, 2.75) is 50.8 Å². The molecule has 0 radical (unpaired) electrons. The van der Waals surface area contributed by atoms with E-state index in [9.17, 15) is 0 Å². The van der Waals surface area contributed by atoms with Crippen molar-refractivity contribution in [1.29, 1.82) is 0 Å². The summed E-state index contributed by atoms with van der Waals surface area (Å²) in [5, 5.41) is 4.43. The van der Waals surface area contributed by atoms with Crippen molar-refractivity contribution in [1.82, 2.24) is 10.3 Å². The molecule has 3 nitrogen and oxygen atoms in total. The Morgan fingerprint density at radius 1 is 1.53 bits per heavy atom. The third kappa shape index (κ3) is 4.36. The molecule has 1 heterocycles. The molecule has 1 saturated carbocycles. The average Bonchev–Trinajstić information content (AvgIpc) is 2.71. The van der Waals surface area contributed by atoms with E-state index in [1.165, 1.54) is 25.7 Å². The fourth-order valence-electron chi connectivity index (χ4n) is 2.42.